The summed E-state index contributed by atoms with van der Waals surface area (Å²) in [5.74, 6) is 0. The molecule has 0 spiro atoms. The molecule has 0 fully saturated rings. The van der Waals surface area contributed by atoms with E-state index in [1.807, 2.05) is 22.6 Å². The monoisotopic (exact) mass is 366 g/mol. The molecule has 0 saturated heterocycles. The number of halogens is 1. The third-order valence-corrected chi connectivity index (χ3v) is 3.98. The van der Waals surface area contributed by atoms with Gasteiger partial charge in [0.2, 0.25) is 0 Å². The predicted molar refractivity (Wildman–Crippen MR) is 84.1 cm³/mol. The van der Waals surface area contributed by atoms with E-state index in [1.54, 1.807) is 0 Å². The summed E-state index contributed by atoms with van der Waals surface area (Å²) in [6.45, 7) is 2.88. The van der Waals surface area contributed by atoms with Crippen LogP contribution in [0.2, 0.25) is 0 Å². The van der Waals surface area contributed by atoms with Crippen LogP contribution in [0.5, 0.6) is 0 Å². The summed E-state index contributed by atoms with van der Waals surface area (Å²) in [4.78, 5) is 0. The highest BCUT2D eigenvalue weighted by atomic mass is 127. The van der Waals surface area contributed by atoms with E-state index in [9.17, 15) is 0 Å². The number of aryl methyl sites for hydroxylation is 2. The van der Waals surface area contributed by atoms with Crippen molar-refractivity contribution in [3.8, 4) is 0 Å². The van der Waals surface area contributed by atoms with Gasteiger partial charge in [0.05, 0.1) is 29.6 Å². The molecule has 98 valence electrons. The van der Waals surface area contributed by atoms with Gasteiger partial charge in [0.15, 0.2) is 0 Å². The van der Waals surface area contributed by atoms with Crippen LogP contribution in [0.3, 0.4) is 0 Å². The van der Waals surface area contributed by atoms with E-state index in [0.717, 1.165) is 18.7 Å². The van der Waals surface area contributed by atoms with E-state index in [1.165, 1.54) is 20.2 Å². The summed E-state index contributed by atoms with van der Waals surface area (Å²) < 4.78 is 5.21. The van der Waals surface area contributed by atoms with Crippen LogP contribution in [-0.4, -0.2) is 19.6 Å². The van der Waals surface area contributed by atoms with Gasteiger partial charge in [0.25, 0.3) is 0 Å². The molecule has 0 aliphatic heterocycles. The van der Waals surface area contributed by atoms with E-state index < -0.39 is 0 Å². The van der Waals surface area contributed by atoms with Gasteiger partial charge < -0.3 is 0 Å². The molecule has 0 amide bonds. The number of benzene rings is 1. The standard InChI is InChI=1S/C14H15IN4/c1-3-12-7-13(18(2)17-12)9-19-14-6-11(15)5-4-10(14)8-16-19/h4-8H,3,9H2,1-2H3. The number of hydrogen-bond donors (Lipinski definition) is 0. The van der Waals surface area contributed by atoms with Crippen molar-refractivity contribution in [2.75, 3.05) is 0 Å². The lowest BCUT2D eigenvalue weighted by Crippen LogP contribution is -2.06. The highest BCUT2D eigenvalue weighted by Crippen LogP contribution is 2.18. The van der Waals surface area contributed by atoms with Crippen LogP contribution >= 0.6 is 22.6 Å². The SMILES string of the molecule is CCc1cc(Cn2ncc3ccc(I)cc32)n(C)n1. The molecule has 2 aromatic heterocycles. The largest absolute Gasteiger partial charge is 0.270 e. The van der Waals surface area contributed by atoms with Crippen molar-refractivity contribution in [1.29, 1.82) is 0 Å². The van der Waals surface area contributed by atoms with E-state index in [2.05, 4.69) is 64.0 Å². The van der Waals surface area contributed by atoms with Gasteiger partial charge in [-0.25, -0.2) is 0 Å². The van der Waals surface area contributed by atoms with Crippen molar-refractivity contribution in [1.82, 2.24) is 19.6 Å². The maximum absolute atomic E-state index is 4.48. The first-order valence-electron chi connectivity index (χ1n) is 6.30. The molecule has 0 unspecified atom stereocenters. The molecule has 3 rings (SSSR count). The number of hydrogen-bond acceptors (Lipinski definition) is 2. The number of aromatic nitrogens is 4. The zero-order valence-corrected chi connectivity index (χ0v) is 13.1. The Kier molecular flexibility index (Phi) is 3.30. The highest BCUT2D eigenvalue weighted by molar-refractivity contribution is 14.1. The number of nitrogens with zero attached hydrogens (tertiary/aromatic N) is 4. The Morgan fingerprint density at radius 3 is 2.84 bits per heavy atom. The summed E-state index contributed by atoms with van der Waals surface area (Å²) in [6.07, 6.45) is 2.88. The second kappa shape index (κ2) is 4.96. The van der Waals surface area contributed by atoms with Crippen molar-refractivity contribution in [2.45, 2.75) is 19.9 Å². The lowest BCUT2D eigenvalue weighted by molar-refractivity contribution is 0.631. The molecule has 3 aromatic rings. The minimum absolute atomic E-state index is 0.757. The number of fused-ring (bicyclic) bond motifs is 1. The van der Waals surface area contributed by atoms with Crippen molar-refractivity contribution >= 4 is 33.5 Å². The number of rotatable bonds is 3. The first-order valence-corrected chi connectivity index (χ1v) is 7.38. The Morgan fingerprint density at radius 2 is 2.11 bits per heavy atom. The molecule has 2 heterocycles. The van der Waals surface area contributed by atoms with Crippen molar-refractivity contribution in [2.24, 2.45) is 7.05 Å². The Hall–Kier alpha value is -1.37. The molecule has 0 N–H and O–H groups in total. The van der Waals surface area contributed by atoms with Crippen LogP contribution in [-0.2, 0) is 20.0 Å². The maximum Gasteiger partial charge on any atom is 0.0835 e. The van der Waals surface area contributed by atoms with Gasteiger partial charge in [-0.3, -0.25) is 9.36 Å². The Bertz CT molecular complexity index is 726. The van der Waals surface area contributed by atoms with Crippen LogP contribution < -0.4 is 0 Å². The molecule has 0 aliphatic rings. The minimum Gasteiger partial charge on any atom is -0.270 e. The van der Waals surface area contributed by atoms with E-state index in [0.29, 0.717) is 0 Å². The molecule has 0 bridgehead atoms. The molecule has 5 heteroatoms. The fourth-order valence-electron chi connectivity index (χ4n) is 2.22. The van der Waals surface area contributed by atoms with Crippen molar-refractivity contribution in [3.63, 3.8) is 0 Å². The van der Waals surface area contributed by atoms with Crippen LogP contribution in [0.4, 0.5) is 0 Å². The van der Waals surface area contributed by atoms with Crippen molar-refractivity contribution < 1.29 is 0 Å². The Morgan fingerprint density at radius 1 is 1.26 bits per heavy atom. The molecule has 1 aromatic carbocycles. The second-order valence-electron chi connectivity index (χ2n) is 4.61. The summed E-state index contributed by atoms with van der Waals surface area (Å²) >= 11 is 2.33. The zero-order valence-electron chi connectivity index (χ0n) is 11.0. The first kappa shape index (κ1) is 12.7. The molecule has 0 atom stereocenters. The Labute approximate surface area is 125 Å². The molecule has 4 nitrogen and oxygen atoms in total. The third kappa shape index (κ3) is 2.39. The van der Waals surface area contributed by atoms with Gasteiger partial charge in [-0.15, -0.1) is 0 Å². The average Bonchev–Trinajstić information content (AvgIpc) is 2.95. The fraction of sp³-hybridized carbons (Fsp3) is 0.286. The quantitative estimate of drug-likeness (QED) is 0.669. The fourth-order valence-corrected chi connectivity index (χ4v) is 2.69. The molecule has 0 saturated carbocycles. The molecular weight excluding hydrogens is 351 g/mol. The lowest BCUT2D eigenvalue weighted by Gasteiger charge is -2.04. The third-order valence-electron chi connectivity index (χ3n) is 3.31. The van der Waals surface area contributed by atoms with Crippen LogP contribution in [0, 0.1) is 3.57 Å². The zero-order chi connectivity index (χ0) is 13.4. The molecule has 19 heavy (non-hydrogen) atoms. The topological polar surface area (TPSA) is 35.6 Å². The first-order chi connectivity index (χ1) is 9.17. The van der Waals surface area contributed by atoms with Crippen LogP contribution in [0.15, 0.2) is 30.5 Å². The predicted octanol–water partition coefficient (Wildman–Crippen LogP) is 2.99. The maximum atomic E-state index is 4.48. The van der Waals surface area contributed by atoms with Gasteiger partial charge in [0, 0.05) is 16.0 Å². The highest BCUT2D eigenvalue weighted by Gasteiger charge is 2.08. The van der Waals surface area contributed by atoms with Gasteiger partial charge in [-0.2, -0.15) is 10.2 Å². The van der Waals surface area contributed by atoms with Crippen LogP contribution in [0.25, 0.3) is 10.9 Å². The normalized spacial score (nSPS) is 11.3. The lowest BCUT2D eigenvalue weighted by atomic mass is 10.2. The Balaban J connectivity index is 2.00. The van der Waals surface area contributed by atoms with Gasteiger partial charge in [-0.1, -0.05) is 13.0 Å². The molecule has 0 radical (unpaired) electrons. The van der Waals surface area contributed by atoms with E-state index in [4.69, 9.17) is 0 Å². The molecule has 0 aliphatic carbocycles. The van der Waals surface area contributed by atoms with Gasteiger partial charge >= 0.3 is 0 Å². The summed E-state index contributed by atoms with van der Waals surface area (Å²) in [6, 6.07) is 8.54. The van der Waals surface area contributed by atoms with E-state index in [-0.39, 0.29) is 0 Å². The van der Waals surface area contributed by atoms with Gasteiger partial charge in [0.1, 0.15) is 0 Å². The molecular formula is C14H15IN4. The smallest absolute Gasteiger partial charge is 0.0835 e. The van der Waals surface area contributed by atoms with Crippen molar-refractivity contribution in [3.05, 3.63) is 45.4 Å². The van der Waals surface area contributed by atoms with Crippen LogP contribution in [0.1, 0.15) is 18.3 Å². The summed E-state index contributed by atoms with van der Waals surface area (Å²) in [5, 5.41) is 10.1. The second-order valence-corrected chi connectivity index (χ2v) is 5.86. The van der Waals surface area contributed by atoms with E-state index >= 15 is 0 Å². The average molecular weight is 366 g/mol. The summed E-state index contributed by atoms with van der Waals surface area (Å²) in [5.41, 5.74) is 3.48. The van der Waals surface area contributed by atoms with Gasteiger partial charge in [-0.05, 0) is 47.2 Å². The minimum atomic E-state index is 0.757. The summed E-state index contributed by atoms with van der Waals surface area (Å²) in [7, 11) is 1.99.